The molecule has 0 bridgehead atoms. The molecule has 0 heterocycles. The summed E-state index contributed by atoms with van der Waals surface area (Å²) in [5.74, 6) is -0.306. The van der Waals surface area contributed by atoms with Gasteiger partial charge in [0.1, 0.15) is 6.10 Å². The zero-order chi connectivity index (χ0) is 8.69. The number of esters is 1. The Morgan fingerprint density at radius 3 is 2.73 bits per heavy atom. The minimum atomic E-state index is -0.306. The van der Waals surface area contributed by atoms with Crippen molar-refractivity contribution in [1.82, 2.24) is 0 Å². The average Bonchev–Trinajstić information content (AvgIpc) is 2.01. The zero-order valence-corrected chi connectivity index (χ0v) is 7.04. The molecule has 0 aliphatic carbocycles. The summed E-state index contributed by atoms with van der Waals surface area (Å²) in [4.78, 5) is 10.8. The van der Waals surface area contributed by atoms with E-state index in [0.29, 0.717) is 0 Å². The van der Waals surface area contributed by atoms with E-state index in [1.807, 2.05) is 6.92 Å². The van der Waals surface area contributed by atoms with Gasteiger partial charge in [0.25, 0.3) is 0 Å². The third-order valence-electron chi connectivity index (χ3n) is 1.24. The average molecular weight is 154 g/mol. The first-order valence-electron chi connectivity index (χ1n) is 3.70. The molecule has 0 saturated heterocycles. The first-order valence-corrected chi connectivity index (χ1v) is 3.70. The highest BCUT2D eigenvalue weighted by atomic mass is 16.5. The van der Waals surface area contributed by atoms with Crippen LogP contribution in [0, 0.1) is 0 Å². The minimum absolute atomic E-state index is 0.154. The molecule has 0 aromatic carbocycles. The Morgan fingerprint density at radius 1 is 1.73 bits per heavy atom. The van der Waals surface area contributed by atoms with Gasteiger partial charge in [-0.15, -0.1) is 0 Å². The van der Waals surface area contributed by atoms with Gasteiger partial charge in [-0.3, -0.25) is 0 Å². The van der Waals surface area contributed by atoms with Gasteiger partial charge in [-0.1, -0.05) is 25.7 Å². The molecule has 2 nitrogen and oxygen atoms in total. The molecule has 0 aromatic rings. The topological polar surface area (TPSA) is 26.3 Å². The highest BCUT2D eigenvalue weighted by Crippen LogP contribution is 1.99. The second-order valence-corrected chi connectivity index (χ2v) is 2.12. The Morgan fingerprint density at radius 2 is 2.36 bits per heavy atom. The van der Waals surface area contributed by atoms with Gasteiger partial charge in [-0.2, -0.15) is 0 Å². The Labute approximate surface area is 67.6 Å². The van der Waals surface area contributed by atoms with Crippen LogP contribution in [0.4, 0.5) is 0 Å². The van der Waals surface area contributed by atoms with E-state index in [0.717, 1.165) is 6.42 Å². The molecule has 0 saturated carbocycles. The van der Waals surface area contributed by atoms with Crippen molar-refractivity contribution in [2.45, 2.75) is 26.4 Å². The lowest BCUT2D eigenvalue weighted by molar-refractivity contribution is -0.140. The Kier molecular flexibility index (Phi) is 5.17. The highest BCUT2D eigenvalue weighted by molar-refractivity contribution is 5.82. The molecule has 0 aromatic heterocycles. The van der Waals surface area contributed by atoms with Crippen molar-refractivity contribution >= 4 is 5.97 Å². The smallest absolute Gasteiger partial charge is 0.330 e. The normalized spacial score (nSPS) is 12.9. The summed E-state index contributed by atoms with van der Waals surface area (Å²) in [6.45, 7) is 7.26. The van der Waals surface area contributed by atoms with Gasteiger partial charge in [-0.25, -0.2) is 4.79 Å². The Bertz CT molecular complexity index is 159. The van der Waals surface area contributed by atoms with Crippen LogP contribution in [0.2, 0.25) is 0 Å². The van der Waals surface area contributed by atoms with Crippen LogP contribution in [0.3, 0.4) is 0 Å². The standard InChI is InChI=1S/C9H14O2/c1-4-7-9(10)11-8(5-2)6-3/h4-5,7-8H,2,6H2,1,3H3. The van der Waals surface area contributed by atoms with Gasteiger partial charge < -0.3 is 4.74 Å². The maximum Gasteiger partial charge on any atom is 0.330 e. The molecule has 0 aliphatic rings. The van der Waals surface area contributed by atoms with Gasteiger partial charge in [0.05, 0.1) is 0 Å². The van der Waals surface area contributed by atoms with Crippen LogP contribution in [0.1, 0.15) is 20.3 Å². The number of hydrogen-bond donors (Lipinski definition) is 0. The number of carbonyl (C=O) groups excluding carboxylic acids is 1. The van der Waals surface area contributed by atoms with Crippen molar-refractivity contribution in [2.75, 3.05) is 0 Å². The van der Waals surface area contributed by atoms with Gasteiger partial charge in [-0.05, 0) is 13.3 Å². The van der Waals surface area contributed by atoms with E-state index in [1.54, 1.807) is 19.1 Å². The molecule has 1 unspecified atom stereocenters. The summed E-state index contributed by atoms with van der Waals surface area (Å²) < 4.78 is 4.95. The number of hydrogen-bond acceptors (Lipinski definition) is 2. The summed E-state index contributed by atoms with van der Waals surface area (Å²) in [6.07, 6.45) is 5.29. The van der Waals surface area contributed by atoms with Crippen LogP contribution in [-0.2, 0) is 9.53 Å². The van der Waals surface area contributed by atoms with Crippen molar-refractivity contribution < 1.29 is 9.53 Å². The monoisotopic (exact) mass is 154 g/mol. The molecule has 0 spiro atoms. The lowest BCUT2D eigenvalue weighted by atomic mass is 10.3. The number of ether oxygens (including phenoxy) is 1. The summed E-state index contributed by atoms with van der Waals surface area (Å²) in [7, 11) is 0. The third kappa shape index (κ3) is 4.37. The predicted octanol–water partition coefficient (Wildman–Crippen LogP) is 2.07. The maximum atomic E-state index is 10.8. The molecule has 1 atom stereocenters. The lowest BCUT2D eigenvalue weighted by Gasteiger charge is -2.08. The summed E-state index contributed by atoms with van der Waals surface area (Å²) in [5.41, 5.74) is 0. The van der Waals surface area contributed by atoms with E-state index in [9.17, 15) is 4.79 Å². The van der Waals surface area contributed by atoms with E-state index < -0.39 is 0 Å². The summed E-state index contributed by atoms with van der Waals surface area (Å²) >= 11 is 0. The lowest BCUT2D eigenvalue weighted by Crippen LogP contribution is -2.12. The number of rotatable bonds is 4. The van der Waals surface area contributed by atoms with E-state index in [1.165, 1.54) is 6.08 Å². The van der Waals surface area contributed by atoms with Crippen LogP contribution in [-0.4, -0.2) is 12.1 Å². The van der Waals surface area contributed by atoms with Gasteiger partial charge >= 0.3 is 5.97 Å². The third-order valence-corrected chi connectivity index (χ3v) is 1.24. The van der Waals surface area contributed by atoms with Crippen molar-refractivity contribution in [3.63, 3.8) is 0 Å². The highest BCUT2D eigenvalue weighted by Gasteiger charge is 2.04. The minimum Gasteiger partial charge on any atom is -0.455 e. The molecule has 0 amide bonds. The second-order valence-electron chi connectivity index (χ2n) is 2.12. The van der Waals surface area contributed by atoms with Gasteiger partial charge in [0.15, 0.2) is 0 Å². The van der Waals surface area contributed by atoms with E-state index >= 15 is 0 Å². The fourth-order valence-corrected chi connectivity index (χ4v) is 0.623. The fraction of sp³-hybridized carbons (Fsp3) is 0.444. The SMILES string of the molecule is C=CC(CC)OC(=O)C=CC. The molecule has 0 rings (SSSR count). The van der Waals surface area contributed by atoms with E-state index in [-0.39, 0.29) is 12.1 Å². The molecule has 2 heteroatoms. The zero-order valence-electron chi connectivity index (χ0n) is 7.04. The molecule has 0 fully saturated rings. The van der Waals surface area contributed by atoms with Gasteiger partial charge in [0, 0.05) is 6.08 Å². The van der Waals surface area contributed by atoms with Crippen LogP contribution in [0.15, 0.2) is 24.8 Å². The van der Waals surface area contributed by atoms with Gasteiger partial charge in [0.2, 0.25) is 0 Å². The summed E-state index contributed by atoms with van der Waals surface area (Å²) in [6, 6.07) is 0. The molecular weight excluding hydrogens is 140 g/mol. The van der Waals surface area contributed by atoms with Crippen molar-refractivity contribution in [3.05, 3.63) is 24.8 Å². The van der Waals surface area contributed by atoms with E-state index in [2.05, 4.69) is 6.58 Å². The molecule has 0 N–H and O–H groups in total. The molecule has 0 aliphatic heterocycles. The van der Waals surface area contributed by atoms with Crippen LogP contribution in [0.25, 0.3) is 0 Å². The van der Waals surface area contributed by atoms with E-state index in [4.69, 9.17) is 4.74 Å². The first-order chi connectivity index (χ1) is 5.24. The quantitative estimate of drug-likeness (QED) is 0.352. The number of allylic oxidation sites excluding steroid dienone is 1. The van der Waals surface area contributed by atoms with Crippen LogP contribution < -0.4 is 0 Å². The molecule has 62 valence electrons. The molecule has 11 heavy (non-hydrogen) atoms. The number of carbonyl (C=O) groups is 1. The van der Waals surface area contributed by atoms with Crippen molar-refractivity contribution in [2.24, 2.45) is 0 Å². The summed E-state index contributed by atoms with van der Waals surface area (Å²) in [5, 5.41) is 0. The molecule has 0 radical (unpaired) electrons. The largest absolute Gasteiger partial charge is 0.455 e. The van der Waals surface area contributed by atoms with Crippen LogP contribution in [0.5, 0.6) is 0 Å². The van der Waals surface area contributed by atoms with Crippen molar-refractivity contribution in [1.29, 1.82) is 0 Å². The Hall–Kier alpha value is -1.05. The predicted molar refractivity (Wildman–Crippen MR) is 45.2 cm³/mol. The first kappa shape index (κ1) is 9.95. The van der Waals surface area contributed by atoms with Crippen LogP contribution >= 0.6 is 0 Å². The fourth-order valence-electron chi connectivity index (χ4n) is 0.623. The van der Waals surface area contributed by atoms with Crippen molar-refractivity contribution in [3.8, 4) is 0 Å². The maximum absolute atomic E-state index is 10.8. The molecular formula is C9H14O2. The Balaban J connectivity index is 3.81. The second kappa shape index (κ2) is 5.71.